The van der Waals surface area contributed by atoms with Gasteiger partial charge < -0.3 is 20.0 Å². The van der Waals surface area contributed by atoms with Crippen LogP contribution < -0.4 is 10.5 Å². The van der Waals surface area contributed by atoms with Crippen LogP contribution in [0.5, 0.6) is 5.75 Å². The Hall–Kier alpha value is -3.28. The first kappa shape index (κ1) is 16.6. The first-order valence-electron chi connectivity index (χ1n) is 7.89. The van der Waals surface area contributed by atoms with Crippen LogP contribution in [-0.2, 0) is 0 Å². The highest BCUT2D eigenvalue weighted by Crippen LogP contribution is 2.33. The van der Waals surface area contributed by atoms with Gasteiger partial charge in [0.25, 0.3) is 0 Å². The van der Waals surface area contributed by atoms with Crippen LogP contribution in [-0.4, -0.2) is 23.4 Å². The summed E-state index contributed by atoms with van der Waals surface area (Å²) in [5.74, 6) is -0.735. The van der Waals surface area contributed by atoms with E-state index in [4.69, 9.17) is 20.3 Å². The van der Waals surface area contributed by atoms with Crippen molar-refractivity contribution in [2.45, 2.75) is 13.3 Å². The normalized spacial score (nSPS) is 10.8. The van der Waals surface area contributed by atoms with Gasteiger partial charge in [-0.2, -0.15) is 0 Å². The summed E-state index contributed by atoms with van der Waals surface area (Å²) < 4.78 is 11.3. The fraction of sp³-hybridized carbons (Fsp3) is 0.158. The zero-order valence-electron chi connectivity index (χ0n) is 13.7. The van der Waals surface area contributed by atoms with E-state index in [1.165, 1.54) is 12.1 Å². The van der Waals surface area contributed by atoms with Gasteiger partial charge in [0.05, 0.1) is 12.2 Å². The second-order valence-electron chi connectivity index (χ2n) is 5.58. The number of ether oxygens (including phenoxy) is 1. The molecule has 3 aromatic rings. The lowest BCUT2D eigenvalue weighted by molar-refractivity contribution is 0.0692. The lowest BCUT2D eigenvalue weighted by Crippen LogP contribution is -2.13. The van der Waals surface area contributed by atoms with Crippen LogP contribution in [0.3, 0.4) is 0 Å². The quantitative estimate of drug-likeness (QED) is 0.466. The van der Waals surface area contributed by atoms with E-state index in [0.29, 0.717) is 24.4 Å². The van der Waals surface area contributed by atoms with Crippen molar-refractivity contribution >= 4 is 28.3 Å². The van der Waals surface area contributed by atoms with Crippen molar-refractivity contribution in [2.24, 2.45) is 0 Å². The van der Waals surface area contributed by atoms with E-state index >= 15 is 0 Å². The lowest BCUT2D eigenvalue weighted by atomic mass is 10.0. The van der Waals surface area contributed by atoms with Gasteiger partial charge in [-0.3, -0.25) is 5.41 Å². The van der Waals surface area contributed by atoms with Gasteiger partial charge in [-0.25, -0.2) is 4.79 Å². The van der Waals surface area contributed by atoms with E-state index in [9.17, 15) is 9.90 Å². The molecule has 1 heterocycles. The van der Waals surface area contributed by atoms with Gasteiger partial charge in [-0.1, -0.05) is 25.1 Å². The molecule has 0 saturated carbocycles. The van der Waals surface area contributed by atoms with E-state index in [1.54, 1.807) is 12.1 Å². The third kappa shape index (κ3) is 3.06. The molecule has 25 heavy (non-hydrogen) atoms. The number of rotatable bonds is 6. The molecule has 4 N–H and O–H groups in total. The van der Waals surface area contributed by atoms with E-state index in [-0.39, 0.29) is 28.3 Å². The molecule has 3 rings (SSSR count). The molecule has 0 spiro atoms. The third-order valence-corrected chi connectivity index (χ3v) is 3.79. The van der Waals surface area contributed by atoms with Crippen LogP contribution in [0.15, 0.2) is 46.9 Å². The average molecular weight is 338 g/mol. The zero-order valence-corrected chi connectivity index (χ0v) is 13.7. The number of fused-ring (bicyclic) bond motifs is 1. The predicted octanol–water partition coefficient (Wildman–Crippen LogP) is 3.92. The Balaban J connectivity index is 2.15. The highest BCUT2D eigenvalue weighted by atomic mass is 16.5. The van der Waals surface area contributed by atoms with Crippen LogP contribution >= 0.6 is 0 Å². The zero-order chi connectivity index (χ0) is 18.0. The van der Waals surface area contributed by atoms with Crippen molar-refractivity contribution in [1.29, 1.82) is 5.41 Å². The highest BCUT2D eigenvalue weighted by molar-refractivity contribution is 6.16. The minimum atomic E-state index is -1.13. The average Bonchev–Trinajstić information content (AvgIpc) is 3.03. The molecule has 0 unspecified atom stereocenters. The Labute approximate surface area is 144 Å². The van der Waals surface area contributed by atoms with E-state index < -0.39 is 5.97 Å². The molecule has 0 amide bonds. The topological polar surface area (TPSA) is 110 Å². The number of aromatic carboxylic acids is 1. The summed E-state index contributed by atoms with van der Waals surface area (Å²) in [6.07, 6.45) is 0.700. The third-order valence-electron chi connectivity index (χ3n) is 3.79. The fourth-order valence-electron chi connectivity index (χ4n) is 2.61. The Morgan fingerprint density at radius 2 is 2.04 bits per heavy atom. The molecular formula is C19H18N2O4. The molecule has 0 aliphatic rings. The monoisotopic (exact) mass is 338 g/mol. The van der Waals surface area contributed by atoms with Gasteiger partial charge >= 0.3 is 5.97 Å². The molecule has 0 saturated heterocycles. The summed E-state index contributed by atoms with van der Waals surface area (Å²) in [6.45, 7) is 2.24. The van der Waals surface area contributed by atoms with E-state index in [2.05, 4.69) is 0 Å². The number of carbonyl (C=O) groups is 1. The first-order chi connectivity index (χ1) is 12.0. The first-order valence-corrected chi connectivity index (χ1v) is 7.89. The molecule has 128 valence electrons. The van der Waals surface area contributed by atoms with Crippen LogP contribution in [0.4, 0.5) is 5.69 Å². The largest absolute Gasteiger partial charge is 0.492 e. The van der Waals surface area contributed by atoms with Crippen LogP contribution in [0, 0.1) is 5.41 Å². The van der Waals surface area contributed by atoms with Gasteiger partial charge in [0.1, 0.15) is 22.6 Å². The molecule has 0 aliphatic carbocycles. The predicted molar refractivity (Wildman–Crippen MR) is 95.7 cm³/mol. The van der Waals surface area contributed by atoms with Crippen molar-refractivity contribution in [2.75, 3.05) is 12.3 Å². The van der Waals surface area contributed by atoms with Gasteiger partial charge in [-0.15, -0.1) is 0 Å². The number of nitrogens with one attached hydrogen (secondary N) is 1. The number of anilines is 1. The fourth-order valence-corrected chi connectivity index (χ4v) is 2.61. The molecule has 0 aliphatic heterocycles. The highest BCUT2D eigenvalue weighted by Gasteiger charge is 2.23. The maximum atomic E-state index is 11.5. The minimum Gasteiger partial charge on any atom is -0.492 e. The Bertz CT molecular complexity index is 926. The molecule has 6 heteroatoms. The maximum absolute atomic E-state index is 11.5. The molecule has 0 radical (unpaired) electrons. The van der Waals surface area contributed by atoms with Gasteiger partial charge in [0.2, 0.25) is 0 Å². The second-order valence-corrected chi connectivity index (χ2v) is 5.58. The SMILES string of the molecule is CCCOc1c(C(=O)O)ccc(N)c1C(=N)c1cc2ccccc2o1. The minimum absolute atomic E-state index is 0.0112. The van der Waals surface area contributed by atoms with Gasteiger partial charge in [0, 0.05) is 11.1 Å². The lowest BCUT2D eigenvalue weighted by Gasteiger charge is -2.15. The van der Waals surface area contributed by atoms with Crippen molar-refractivity contribution in [1.82, 2.24) is 0 Å². The summed E-state index contributed by atoms with van der Waals surface area (Å²) >= 11 is 0. The Morgan fingerprint density at radius 3 is 2.72 bits per heavy atom. The van der Waals surface area contributed by atoms with Crippen molar-refractivity contribution in [3.05, 3.63) is 59.4 Å². The summed E-state index contributed by atoms with van der Waals surface area (Å²) in [5.41, 5.74) is 7.14. The summed E-state index contributed by atoms with van der Waals surface area (Å²) in [7, 11) is 0. The van der Waals surface area contributed by atoms with Crippen molar-refractivity contribution in [3.63, 3.8) is 0 Å². The number of nitrogen functional groups attached to an aromatic ring is 1. The number of hydrogen-bond acceptors (Lipinski definition) is 5. The number of hydrogen-bond donors (Lipinski definition) is 3. The summed E-state index contributed by atoms with van der Waals surface area (Å²) in [6, 6.07) is 12.0. The molecule has 6 nitrogen and oxygen atoms in total. The van der Waals surface area contributed by atoms with Gasteiger partial charge in [-0.05, 0) is 30.7 Å². The van der Waals surface area contributed by atoms with E-state index in [0.717, 1.165) is 5.39 Å². The second kappa shape index (κ2) is 6.68. The van der Waals surface area contributed by atoms with Crippen LogP contribution in [0.25, 0.3) is 11.0 Å². The van der Waals surface area contributed by atoms with Crippen molar-refractivity contribution < 1.29 is 19.1 Å². The standard InChI is InChI=1S/C19H18N2O4/c1-2-9-24-18-12(19(22)23)7-8-13(20)16(18)17(21)15-10-11-5-3-4-6-14(11)25-15/h3-8,10,21H,2,9,20H2,1H3,(H,22,23). The smallest absolute Gasteiger partial charge is 0.339 e. The number of nitrogens with two attached hydrogens (primary N) is 1. The number of carboxylic acids is 1. The molecule has 2 aromatic carbocycles. The number of furan rings is 1. The maximum Gasteiger partial charge on any atom is 0.339 e. The molecular weight excluding hydrogens is 320 g/mol. The number of para-hydroxylation sites is 1. The Kier molecular flexibility index (Phi) is 4.43. The number of benzene rings is 2. The molecule has 0 fully saturated rings. The molecule has 1 aromatic heterocycles. The van der Waals surface area contributed by atoms with Crippen LogP contribution in [0.2, 0.25) is 0 Å². The van der Waals surface area contributed by atoms with Gasteiger partial charge in [0.15, 0.2) is 5.76 Å². The van der Waals surface area contributed by atoms with Crippen molar-refractivity contribution in [3.8, 4) is 5.75 Å². The Morgan fingerprint density at radius 1 is 1.28 bits per heavy atom. The van der Waals surface area contributed by atoms with Crippen LogP contribution in [0.1, 0.15) is 35.0 Å². The number of carboxylic acid groups (broad SMARTS) is 1. The van der Waals surface area contributed by atoms with E-state index in [1.807, 2.05) is 25.1 Å². The molecule has 0 atom stereocenters. The summed E-state index contributed by atoms with van der Waals surface area (Å²) in [4.78, 5) is 11.5. The summed E-state index contributed by atoms with van der Waals surface area (Å²) in [5, 5.41) is 18.8. The molecule has 0 bridgehead atoms.